The molecule has 0 spiro atoms. The van der Waals surface area contributed by atoms with Crippen LogP contribution < -0.4 is 0 Å². The SMILES string of the molecule is C[N+]1=Nc2cccn2C1. The molecule has 0 atom stereocenters. The van der Waals surface area contributed by atoms with Crippen molar-refractivity contribution in [3.63, 3.8) is 0 Å². The van der Waals surface area contributed by atoms with Gasteiger partial charge in [0.25, 0.3) is 0 Å². The van der Waals surface area contributed by atoms with E-state index in [1.165, 1.54) is 0 Å². The van der Waals surface area contributed by atoms with E-state index in [0.29, 0.717) is 0 Å². The van der Waals surface area contributed by atoms with Gasteiger partial charge in [0.2, 0.25) is 12.5 Å². The van der Waals surface area contributed by atoms with Crippen molar-refractivity contribution in [3.8, 4) is 0 Å². The lowest BCUT2D eigenvalue weighted by Crippen LogP contribution is -2.00. The van der Waals surface area contributed by atoms with Crippen molar-refractivity contribution in [2.45, 2.75) is 6.67 Å². The molecule has 0 fully saturated rings. The fourth-order valence-corrected chi connectivity index (χ4v) is 1.04. The van der Waals surface area contributed by atoms with Crippen molar-refractivity contribution in [2.75, 3.05) is 7.05 Å². The fraction of sp³-hybridized carbons (Fsp3) is 0.333. The van der Waals surface area contributed by atoms with Crippen LogP contribution in [-0.2, 0) is 6.67 Å². The van der Waals surface area contributed by atoms with Crippen LogP contribution >= 0.6 is 0 Å². The molecule has 0 saturated heterocycles. The van der Waals surface area contributed by atoms with Crippen molar-refractivity contribution >= 4 is 5.82 Å². The van der Waals surface area contributed by atoms with Gasteiger partial charge in [-0.25, -0.2) is 0 Å². The number of fused-ring (bicyclic) bond motifs is 1. The van der Waals surface area contributed by atoms with E-state index < -0.39 is 0 Å². The first kappa shape index (κ1) is 4.73. The second-order valence-corrected chi connectivity index (χ2v) is 2.24. The molecule has 0 saturated carbocycles. The minimum Gasteiger partial charge on any atom is -0.270 e. The van der Waals surface area contributed by atoms with E-state index in [4.69, 9.17) is 0 Å². The van der Waals surface area contributed by atoms with Crippen molar-refractivity contribution in [1.29, 1.82) is 0 Å². The molecule has 1 aromatic rings. The summed E-state index contributed by atoms with van der Waals surface area (Å²) in [5.74, 6) is 1.05. The monoisotopic (exact) mass is 122 g/mol. The maximum atomic E-state index is 4.21. The molecular weight excluding hydrogens is 114 g/mol. The van der Waals surface area contributed by atoms with Gasteiger partial charge in [-0.1, -0.05) is 0 Å². The Balaban J connectivity index is 2.55. The second kappa shape index (κ2) is 1.43. The van der Waals surface area contributed by atoms with Crippen LogP contribution in [0.15, 0.2) is 23.4 Å². The van der Waals surface area contributed by atoms with Crippen LogP contribution in [0.25, 0.3) is 0 Å². The third-order valence-corrected chi connectivity index (χ3v) is 1.44. The van der Waals surface area contributed by atoms with Gasteiger partial charge >= 0.3 is 0 Å². The molecule has 0 unspecified atom stereocenters. The first-order valence-corrected chi connectivity index (χ1v) is 2.94. The number of nitrogens with zero attached hydrogens (tertiary/aromatic N) is 3. The number of rotatable bonds is 0. The molecule has 9 heavy (non-hydrogen) atoms. The van der Waals surface area contributed by atoms with Crippen molar-refractivity contribution in [1.82, 2.24) is 4.57 Å². The highest BCUT2D eigenvalue weighted by atomic mass is 15.4. The average Bonchev–Trinajstić information content (AvgIpc) is 2.22. The van der Waals surface area contributed by atoms with Crippen LogP contribution in [-0.4, -0.2) is 16.3 Å². The van der Waals surface area contributed by atoms with E-state index in [2.05, 4.69) is 9.68 Å². The smallest absolute Gasteiger partial charge is 0.249 e. The standard InChI is InChI=1S/C6H8N3/c1-8-5-9-4-2-3-6(9)7-8/h2-4H,5H2,1H3/q+1. The summed E-state index contributed by atoms with van der Waals surface area (Å²) < 4.78 is 4.01. The van der Waals surface area contributed by atoms with E-state index in [9.17, 15) is 0 Å². The zero-order valence-electron chi connectivity index (χ0n) is 5.28. The maximum Gasteiger partial charge on any atom is 0.249 e. The molecule has 1 aromatic heterocycles. The lowest BCUT2D eigenvalue weighted by Gasteiger charge is -1.84. The zero-order valence-corrected chi connectivity index (χ0v) is 5.28. The molecule has 1 aliphatic rings. The lowest BCUT2D eigenvalue weighted by molar-refractivity contribution is -0.581. The molecule has 3 nitrogen and oxygen atoms in total. The summed E-state index contributed by atoms with van der Waals surface area (Å²) in [6.07, 6.45) is 2.03. The molecular formula is C6H8N3+. The molecule has 0 amide bonds. The second-order valence-electron chi connectivity index (χ2n) is 2.24. The van der Waals surface area contributed by atoms with Gasteiger partial charge in [-0.05, 0) is 12.1 Å². The molecule has 0 aliphatic carbocycles. The molecule has 3 heteroatoms. The number of hydrogen-bond donors (Lipinski definition) is 0. The summed E-state index contributed by atoms with van der Waals surface area (Å²) >= 11 is 0. The van der Waals surface area contributed by atoms with Crippen molar-refractivity contribution in [2.24, 2.45) is 5.11 Å². The van der Waals surface area contributed by atoms with Gasteiger partial charge in [-0.2, -0.15) is 0 Å². The molecule has 0 radical (unpaired) electrons. The number of hydrogen-bond acceptors (Lipinski definition) is 1. The molecule has 0 aromatic carbocycles. The summed E-state index contributed by atoms with van der Waals surface area (Å²) in [7, 11) is 1.97. The first-order valence-electron chi connectivity index (χ1n) is 2.94. The van der Waals surface area contributed by atoms with Crippen molar-refractivity contribution < 1.29 is 4.70 Å². The highest BCUT2D eigenvalue weighted by Crippen LogP contribution is 2.17. The first-order chi connectivity index (χ1) is 4.36. The predicted octanol–water partition coefficient (Wildman–Crippen LogP) is 1.19. The van der Waals surface area contributed by atoms with Gasteiger partial charge in [-0.15, -0.1) is 4.70 Å². The van der Waals surface area contributed by atoms with Crippen LogP contribution in [0.2, 0.25) is 0 Å². The molecule has 1 aliphatic heterocycles. The highest BCUT2D eigenvalue weighted by molar-refractivity contribution is 5.27. The maximum absolute atomic E-state index is 4.21. The molecule has 0 bridgehead atoms. The van der Waals surface area contributed by atoms with Gasteiger partial charge in [0, 0.05) is 11.3 Å². The topological polar surface area (TPSA) is 20.3 Å². The summed E-state index contributed by atoms with van der Waals surface area (Å²) in [6, 6.07) is 4.01. The van der Waals surface area contributed by atoms with Gasteiger partial charge in [-0.3, -0.25) is 4.57 Å². The van der Waals surface area contributed by atoms with Gasteiger partial charge < -0.3 is 0 Å². The average molecular weight is 122 g/mol. The summed E-state index contributed by atoms with van der Waals surface area (Å²) in [6.45, 7) is 0.891. The largest absolute Gasteiger partial charge is 0.270 e. The third-order valence-electron chi connectivity index (χ3n) is 1.44. The Labute approximate surface area is 53.2 Å². The Bertz CT molecular complexity index is 259. The Morgan fingerprint density at radius 2 is 2.67 bits per heavy atom. The third kappa shape index (κ3) is 0.575. The molecule has 2 heterocycles. The Hall–Kier alpha value is -1.12. The van der Waals surface area contributed by atoms with Gasteiger partial charge in [0.05, 0.1) is 0 Å². The van der Waals surface area contributed by atoms with E-state index in [1.807, 2.05) is 30.1 Å². The van der Waals surface area contributed by atoms with Crippen LogP contribution in [0, 0.1) is 0 Å². The zero-order chi connectivity index (χ0) is 6.27. The Kier molecular flexibility index (Phi) is 0.754. The van der Waals surface area contributed by atoms with Gasteiger partial charge in [0.1, 0.15) is 0 Å². The van der Waals surface area contributed by atoms with Crippen molar-refractivity contribution in [3.05, 3.63) is 18.3 Å². The van der Waals surface area contributed by atoms with Gasteiger partial charge in [0.15, 0.2) is 7.05 Å². The minimum atomic E-state index is 0.891. The molecule has 46 valence electrons. The normalized spacial score (nSPS) is 15.4. The summed E-state index contributed by atoms with van der Waals surface area (Å²) in [5.41, 5.74) is 0. The molecule has 0 N–H and O–H groups in total. The van der Waals surface area contributed by atoms with Crippen LogP contribution in [0.5, 0.6) is 0 Å². The summed E-state index contributed by atoms with van der Waals surface area (Å²) in [5, 5.41) is 4.21. The van der Waals surface area contributed by atoms with Crippen LogP contribution in [0.1, 0.15) is 0 Å². The minimum absolute atomic E-state index is 0.891. The Morgan fingerprint density at radius 1 is 1.78 bits per heavy atom. The summed E-state index contributed by atoms with van der Waals surface area (Å²) in [4.78, 5) is 0. The van der Waals surface area contributed by atoms with E-state index in [-0.39, 0.29) is 0 Å². The highest BCUT2D eigenvalue weighted by Gasteiger charge is 2.13. The lowest BCUT2D eigenvalue weighted by atomic mass is 10.6. The number of azo groups is 2. The fourth-order valence-electron chi connectivity index (χ4n) is 1.04. The Morgan fingerprint density at radius 3 is 3.44 bits per heavy atom. The quantitative estimate of drug-likeness (QED) is 0.461. The molecule has 2 rings (SSSR count). The van der Waals surface area contributed by atoms with E-state index in [0.717, 1.165) is 12.5 Å². The van der Waals surface area contributed by atoms with E-state index >= 15 is 0 Å². The van der Waals surface area contributed by atoms with Crippen LogP contribution in [0.3, 0.4) is 0 Å². The number of aromatic nitrogens is 1. The predicted molar refractivity (Wildman–Crippen MR) is 32.7 cm³/mol. The van der Waals surface area contributed by atoms with E-state index in [1.54, 1.807) is 0 Å². The van der Waals surface area contributed by atoms with Crippen LogP contribution in [0.4, 0.5) is 5.82 Å².